The summed E-state index contributed by atoms with van der Waals surface area (Å²) in [5, 5.41) is 0. The zero-order valence-corrected chi connectivity index (χ0v) is 9.45. The molecule has 1 unspecified atom stereocenters. The van der Waals surface area contributed by atoms with E-state index in [0.717, 1.165) is 24.9 Å². The number of carbonyl (C=O) groups excluding carboxylic acids is 1. The molecule has 0 spiro atoms. The summed E-state index contributed by atoms with van der Waals surface area (Å²) in [5.74, 6) is 0. The Bertz CT molecular complexity index is 372. The summed E-state index contributed by atoms with van der Waals surface area (Å²) in [4.78, 5) is 12.6. The van der Waals surface area contributed by atoms with Crippen molar-refractivity contribution in [3.05, 3.63) is 29.8 Å². The van der Waals surface area contributed by atoms with Gasteiger partial charge in [-0.05, 0) is 44.0 Å². The highest BCUT2D eigenvalue weighted by atomic mass is 19.1. The lowest BCUT2D eigenvalue weighted by molar-refractivity contribution is 0.112. The summed E-state index contributed by atoms with van der Waals surface area (Å²) in [6.07, 6.45) is 2.33. The summed E-state index contributed by atoms with van der Waals surface area (Å²) in [5.41, 5.74) is 0.555. The van der Waals surface area contributed by atoms with Gasteiger partial charge in [-0.25, -0.2) is 4.39 Å². The molecule has 3 heteroatoms. The predicted molar refractivity (Wildman–Crippen MR) is 62.8 cm³/mol. The number of anilines is 1. The average molecular weight is 221 g/mol. The Morgan fingerprint density at radius 2 is 2.06 bits per heavy atom. The van der Waals surface area contributed by atoms with Gasteiger partial charge in [-0.15, -0.1) is 0 Å². The molecule has 0 bridgehead atoms. The first kappa shape index (κ1) is 11.1. The van der Waals surface area contributed by atoms with Crippen LogP contribution < -0.4 is 4.90 Å². The van der Waals surface area contributed by atoms with Gasteiger partial charge < -0.3 is 4.90 Å². The minimum absolute atomic E-state index is 0.438. The molecule has 0 saturated carbocycles. The van der Waals surface area contributed by atoms with Crippen LogP contribution in [-0.4, -0.2) is 25.0 Å². The number of halogens is 1. The van der Waals surface area contributed by atoms with Gasteiger partial charge in [0.1, 0.15) is 12.0 Å². The lowest BCUT2D eigenvalue weighted by Gasteiger charge is -2.36. The van der Waals surface area contributed by atoms with Crippen LogP contribution in [-0.2, 0) is 0 Å². The molecule has 1 atom stereocenters. The van der Waals surface area contributed by atoms with E-state index >= 15 is 0 Å². The maximum atomic E-state index is 13.9. The largest absolute Gasteiger partial charge is 0.368 e. The van der Waals surface area contributed by atoms with Crippen LogP contribution in [0.15, 0.2) is 24.3 Å². The molecular formula is C13H16FNO. The van der Waals surface area contributed by atoms with E-state index in [1.165, 1.54) is 0 Å². The third kappa shape index (κ3) is 2.40. The van der Waals surface area contributed by atoms with Gasteiger partial charge in [-0.3, -0.25) is 4.79 Å². The summed E-state index contributed by atoms with van der Waals surface area (Å²) in [6, 6.07) is 7.30. The average Bonchev–Trinajstić information content (AvgIpc) is 2.28. The third-order valence-corrected chi connectivity index (χ3v) is 3.04. The van der Waals surface area contributed by atoms with E-state index in [2.05, 4.69) is 0 Å². The monoisotopic (exact) mass is 221 g/mol. The zero-order chi connectivity index (χ0) is 11.6. The van der Waals surface area contributed by atoms with Gasteiger partial charge in [0.25, 0.3) is 0 Å². The van der Waals surface area contributed by atoms with E-state index in [4.69, 9.17) is 0 Å². The van der Waals surface area contributed by atoms with Crippen LogP contribution >= 0.6 is 0 Å². The first-order valence-electron chi connectivity index (χ1n) is 5.60. The Labute approximate surface area is 95.1 Å². The smallest absolute Gasteiger partial charge is 0.150 e. The number of piperidine rings is 1. The molecule has 0 aliphatic carbocycles. The summed E-state index contributed by atoms with van der Waals surface area (Å²) >= 11 is 0. The molecule has 86 valence electrons. The molecule has 2 rings (SSSR count). The molecule has 0 aromatic heterocycles. The van der Waals surface area contributed by atoms with E-state index < -0.39 is 5.67 Å². The van der Waals surface area contributed by atoms with E-state index in [9.17, 15) is 9.18 Å². The lowest BCUT2D eigenvalue weighted by Crippen LogP contribution is -2.43. The molecule has 0 N–H and O–H groups in total. The minimum atomic E-state index is -1.10. The van der Waals surface area contributed by atoms with E-state index in [1.807, 2.05) is 17.0 Å². The normalized spacial score (nSPS) is 25.5. The van der Waals surface area contributed by atoms with Crippen LogP contribution in [0.25, 0.3) is 0 Å². The van der Waals surface area contributed by atoms with Crippen molar-refractivity contribution in [3.8, 4) is 0 Å². The Morgan fingerprint density at radius 3 is 2.62 bits per heavy atom. The quantitative estimate of drug-likeness (QED) is 0.716. The fourth-order valence-corrected chi connectivity index (χ4v) is 2.18. The van der Waals surface area contributed by atoms with Gasteiger partial charge in [-0.1, -0.05) is 0 Å². The number of benzene rings is 1. The van der Waals surface area contributed by atoms with Crippen LogP contribution in [0.4, 0.5) is 10.1 Å². The Balaban J connectivity index is 2.14. The molecule has 1 aliphatic rings. The standard InChI is InChI=1S/C13H16FNO/c1-13(14)7-2-8-15(10-13)12-5-3-11(9-16)4-6-12/h3-6,9H,2,7-8,10H2,1H3. The second-order valence-corrected chi connectivity index (χ2v) is 4.65. The first-order valence-corrected chi connectivity index (χ1v) is 5.60. The van der Waals surface area contributed by atoms with Gasteiger partial charge in [-0.2, -0.15) is 0 Å². The molecular weight excluding hydrogens is 205 g/mol. The molecule has 16 heavy (non-hydrogen) atoms. The van der Waals surface area contributed by atoms with Crippen LogP contribution in [0, 0.1) is 0 Å². The van der Waals surface area contributed by atoms with Crippen LogP contribution in [0.1, 0.15) is 30.1 Å². The van der Waals surface area contributed by atoms with Gasteiger partial charge in [0.15, 0.2) is 0 Å². The molecule has 1 aromatic rings. The van der Waals surface area contributed by atoms with E-state index in [0.29, 0.717) is 18.5 Å². The molecule has 0 radical (unpaired) electrons. The number of rotatable bonds is 2. The van der Waals surface area contributed by atoms with Crippen molar-refractivity contribution in [1.29, 1.82) is 0 Å². The topological polar surface area (TPSA) is 20.3 Å². The highest BCUT2D eigenvalue weighted by Crippen LogP contribution is 2.28. The number of hydrogen-bond donors (Lipinski definition) is 0. The second-order valence-electron chi connectivity index (χ2n) is 4.65. The summed E-state index contributed by atoms with van der Waals surface area (Å²) in [6.45, 7) is 2.98. The highest BCUT2D eigenvalue weighted by molar-refractivity contribution is 5.75. The lowest BCUT2D eigenvalue weighted by atomic mass is 9.96. The molecule has 1 aromatic carbocycles. The summed E-state index contributed by atoms with van der Waals surface area (Å²) < 4.78 is 13.9. The third-order valence-electron chi connectivity index (χ3n) is 3.04. The van der Waals surface area contributed by atoms with Crippen molar-refractivity contribution in [1.82, 2.24) is 0 Å². The van der Waals surface area contributed by atoms with Gasteiger partial charge in [0, 0.05) is 17.8 Å². The van der Waals surface area contributed by atoms with Crippen molar-refractivity contribution >= 4 is 12.0 Å². The zero-order valence-electron chi connectivity index (χ0n) is 9.45. The number of alkyl halides is 1. The summed E-state index contributed by atoms with van der Waals surface area (Å²) in [7, 11) is 0. The fraction of sp³-hybridized carbons (Fsp3) is 0.462. The van der Waals surface area contributed by atoms with E-state index in [-0.39, 0.29) is 0 Å². The SMILES string of the molecule is CC1(F)CCCN(c2ccc(C=O)cc2)C1. The number of aldehydes is 1. The number of carbonyl (C=O) groups is 1. The van der Waals surface area contributed by atoms with Crippen molar-refractivity contribution in [3.63, 3.8) is 0 Å². The predicted octanol–water partition coefficient (Wildman–Crippen LogP) is 2.83. The molecule has 0 amide bonds. The maximum Gasteiger partial charge on any atom is 0.150 e. The van der Waals surface area contributed by atoms with Gasteiger partial charge in [0.05, 0.1) is 6.54 Å². The number of nitrogens with zero attached hydrogens (tertiary/aromatic N) is 1. The first-order chi connectivity index (χ1) is 7.61. The Hall–Kier alpha value is -1.38. The van der Waals surface area contributed by atoms with Crippen molar-refractivity contribution < 1.29 is 9.18 Å². The van der Waals surface area contributed by atoms with Gasteiger partial charge >= 0.3 is 0 Å². The molecule has 2 nitrogen and oxygen atoms in total. The molecule has 1 saturated heterocycles. The van der Waals surface area contributed by atoms with E-state index in [1.54, 1.807) is 19.1 Å². The molecule has 1 aliphatic heterocycles. The van der Waals surface area contributed by atoms with Gasteiger partial charge in [0.2, 0.25) is 0 Å². The minimum Gasteiger partial charge on any atom is -0.368 e. The van der Waals surface area contributed by atoms with Crippen molar-refractivity contribution in [2.75, 3.05) is 18.0 Å². The second kappa shape index (κ2) is 4.24. The van der Waals surface area contributed by atoms with Crippen molar-refractivity contribution in [2.24, 2.45) is 0 Å². The Morgan fingerprint density at radius 1 is 1.38 bits per heavy atom. The van der Waals surface area contributed by atoms with Crippen LogP contribution in [0.2, 0.25) is 0 Å². The molecule has 1 heterocycles. The van der Waals surface area contributed by atoms with Crippen LogP contribution in [0.3, 0.4) is 0 Å². The highest BCUT2D eigenvalue weighted by Gasteiger charge is 2.30. The maximum absolute atomic E-state index is 13.9. The van der Waals surface area contributed by atoms with Crippen molar-refractivity contribution in [2.45, 2.75) is 25.4 Å². The molecule has 1 fully saturated rings. The van der Waals surface area contributed by atoms with Crippen LogP contribution in [0.5, 0.6) is 0 Å². The Kier molecular flexibility index (Phi) is 2.95. The fourth-order valence-electron chi connectivity index (χ4n) is 2.18. The number of hydrogen-bond acceptors (Lipinski definition) is 2.